The molecule has 27 heavy (non-hydrogen) atoms. The molecule has 1 aromatic heterocycles. The van der Waals surface area contributed by atoms with Crippen LogP contribution >= 0.6 is 0 Å². The SMILES string of the molecule is COc1ccc(/C=N\NC(=O)CCn2cnc3c(C)cccc32)cc1OC. The lowest BCUT2D eigenvalue weighted by Crippen LogP contribution is -2.19. The van der Waals surface area contributed by atoms with Crippen molar-refractivity contribution >= 4 is 23.2 Å². The molecule has 0 aliphatic carbocycles. The van der Waals surface area contributed by atoms with Crippen molar-refractivity contribution in [1.82, 2.24) is 15.0 Å². The molecule has 1 N–H and O–H groups in total. The zero-order valence-electron chi connectivity index (χ0n) is 15.6. The van der Waals surface area contributed by atoms with Gasteiger partial charge in [0.25, 0.3) is 0 Å². The maximum Gasteiger partial charge on any atom is 0.241 e. The van der Waals surface area contributed by atoms with E-state index in [0.29, 0.717) is 24.5 Å². The Morgan fingerprint density at radius 2 is 2.04 bits per heavy atom. The lowest BCUT2D eigenvalue weighted by Gasteiger charge is -2.07. The highest BCUT2D eigenvalue weighted by Gasteiger charge is 2.07. The molecule has 0 aliphatic heterocycles. The maximum atomic E-state index is 12.1. The number of fused-ring (bicyclic) bond motifs is 1. The summed E-state index contributed by atoms with van der Waals surface area (Å²) in [5.41, 5.74) is 6.45. The lowest BCUT2D eigenvalue weighted by atomic mass is 10.2. The second-order valence-corrected chi connectivity index (χ2v) is 6.04. The highest BCUT2D eigenvalue weighted by atomic mass is 16.5. The van der Waals surface area contributed by atoms with E-state index >= 15 is 0 Å². The van der Waals surface area contributed by atoms with E-state index in [0.717, 1.165) is 22.2 Å². The minimum Gasteiger partial charge on any atom is -0.493 e. The summed E-state index contributed by atoms with van der Waals surface area (Å²) >= 11 is 0. The molecular weight excluding hydrogens is 344 g/mol. The number of hydrogen-bond donors (Lipinski definition) is 1. The summed E-state index contributed by atoms with van der Waals surface area (Å²) in [4.78, 5) is 16.5. The van der Waals surface area contributed by atoms with Crippen LogP contribution < -0.4 is 14.9 Å². The third-order valence-corrected chi connectivity index (χ3v) is 4.24. The standard InChI is InChI=1S/C20H22N4O3/c1-14-5-4-6-16-20(14)21-13-24(16)10-9-19(25)23-22-12-15-7-8-17(26-2)18(11-15)27-3/h4-8,11-13H,9-10H2,1-3H3,(H,23,25)/b22-12-. The molecule has 3 rings (SSSR count). The number of nitrogens with one attached hydrogen (secondary N) is 1. The fourth-order valence-electron chi connectivity index (χ4n) is 2.80. The number of ether oxygens (including phenoxy) is 2. The first kappa shape index (κ1) is 18.4. The Hall–Kier alpha value is -3.35. The van der Waals surface area contributed by atoms with Gasteiger partial charge in [0.1, 0.15) is 0 Å². The zero-order valence-corrected chi connectivity index (χ0v) is 15.6. The van der Waals surface area contributed by atoms with Crippen LogP contribution in [0.3, 0.4) is 0 Å². The number of aryl methyl sites for hydroxylation is 2. The Balaban J connectivity index is 1.56. The van der Waals surface area contributed by atoms with Crippen LogP contribution in [-0.4, -0.2) is 35.9 Å². The van der Waals surface area contributed by atoms with Crippen molar-refractivity contribution < 1.29 is 14.3 Å². The van der Waals surface area contributed by atoms with Crippen LogP contribution in [0.25, 0.3) is 11.0 Å². The van der Waals surface area contributed by atoms with Gasteiger partial charge in [0.15, 0.2) is 11.5 Å². The first-order valence-corrected chi connectivity index (χ1v) is 8.56. The molecule has 0 saturated heterocycles. The summed E-state index contributed by atoms with van der Waals surface area (Å²) in [5.74, 6) is 1.08. The summed E-state index contributed by atoms with van der Waals surface area (Å²) in [6.07, 6.45) is 3.64. The molecule has 1 amide bonds. The molecule has 140 valence electrons. The van der Waals surface area contributed by atoms with Gasteiger partial charge in [-0.15, -0.1) is 0 Å². The smallest absolute Gasteiger partial charge is 0.241 e. The topological polar surface area (TPSA) is 77.7 Å². The first-order valence-electron chi connectivity index (χ1n) is 8.56. The van der Waals surface area contributed by atoms with Crippen molar-refractivity contribution in [3.05, 3.63) is 53.9 Å². The third-order valence-electron chi connectivity index (χ3n) is 4.24. The van der Waals surface area contributed by atoms with E-state index < -0.39 is 0 Å². The van der Waals surface area contributed by atoms with E-state index in [-0.39, 0.29) is 5.91 Å². The molecule has 0 saturated carbocycles. The van der Waals surface area contributed by atoms with Crippen molar-refractivity contribution in [1.29, 1.82) is 0 Å². The number of carbonyl (C=O) groups excluding carboxylic acids is 1. The van der Waals surface area contributed by atoms with Crippen LogP contribution in [0.4, 0.5) is 0 Å². The number of nitrogens with zero attached hydrogens (tertiary/aromatic N) is 3. The zero-order chi connectivity index (χ0) is 19.2. The van der Waals surface area contributed by atoms with Crippen LogP contribution in [0.2, 0.25) is 0 Å². The van der Waals surface area contributed by atoms with Gasteiger partial charge in [-0.05, 0) is 42.3 Å². The quantitative estimate of drug-likeness (QED) is 0.515. The molecule has 1 heterocycles. The van der Waals surface area contributed by atoms with E-state index in [1.54, 1.807) is 38.9 Å². The molecule has 0 atom stereocenters. The first-order chi connectivity index (χ1) is 13.1. The van der Waals surface area contributed by atoms with Crippen LogP contribution in [0, 0.1) is 6.92 Å². The molecular formula is C20H22N4O3. The number of hydrogen-bond acceptors (Lipinski definition) is 5. The Bertz CT molecular complexity index is 979. The monoisotopic (exact) mass is 366 g/mol. The predicted molar refractivity (Wildman–Crippen MR) is 104 cm³/mol. The summed E-state index contributed by atoms with van der Waals surface area (Å²) < 4.78 is 12.4. The van der Waals surface area contributed by atoms with Crippen molar-refractivity contribution in [3.8, 4) is 11.5 Å². The number of methoxy groups -OCH3 is 2. The van der Waals surface area contributed by atoms with Crippen molar-refractivity contribution in [2.24, 2.45) is 5.10 Å². The number of carbonyl (C=O) groups is 1. The molecule has 7 nitrogen and oxygen atoms in total. The molecule has 0 fully saturated rings. The lowest BCUT2D eigenvalue weighted by molar-refractivity contribution is -0.121. The van der Waals surface area contributed by atoms with Gasteiger partial charge in [-0.1, -0.05) is 12.1 Å². The number of benzene rings is 2. The number of para-hydroxylation sites is 1. The molecule has 0 spiro atoms. The van der Waals surface area contributed by atoms with Crippen LogP contribution in [0.5, 0.6) is 11.5 Å². The van der Waals surface area contributed by atoms with E-state index in [9.17, 15) is 4.79 Å². The average molecular weight is 366 g/mol. The summed E-state index contributed by atoms with van der Waals surface area (Å²) in [5, 5.41) is 4.00. The van der Waals surface area contributed by atoms with Crippen molar-refractivity contribution in [2.45, 2.75) is 19.9 Å². The van der Waals surface area contributed by atoms with Gasteiger partial charge in [0.2, 0.25) is 5.91 Å². The number of aromatic nitrogens is 2. The molecule has 0 radical (unpaired) electrons. The number of imidazole rings is 1. The normalized spacial score (nSPS) is 11.1. The number of rotatable bonds is 7. The second kappa shape index (κ2) is 8.35. The highest BCUT2D eigenvalue weighted by Crippen LogP contribution is 2.26. The Morgan fingerprint density at radius 1 is 1.22 bits per heavy atom. The van der Waals surface area contributed by atoms with E-state index in [2.05, 4.69) is 15.5 Å². The third kappa shape index (κ3) is 4.25. The Morgan fingerprint density at radius 3 is 2.81 bits per heavy atom. The van der Waals surface area contributed by atoms with Gasteiger partial charge in [0.05, 0.1) is 37.8 Å². The minimum absolute atomic E-state index is 0.166. The Kier molecular flexibility index (Phi) is 5.71. The fourth-order valence-corrected chi connectivity index (χ4v) is 2.80. The van der Waals surface area contributed by atoms with Gasteiger partial charge in [0, 0.05) is 13.0 Å². The predicted octanol–water partition coefficient (Wildman–Crippen LogP) is 2.90. The highest BCUT2D eigenvalue weighted by molar-refractivity contribution is 5.83. The van der Waals surface area contributed by atoms with Crippen molar-refractivity contribution in [2.75, 3.05) is 14.2 Å². The molecule has 2 aromatic carbocycles. The molecule has 0 aliphatic rings. The summed E-state index contributed by atoms with van der Waals surface area (Å²) in [6, 6.07) is 11.4. The molecule has 3 aromatic rings. The average Bonchev–Trinajstić information content (AvgIpc) is 3.10. The van der Waals surface area contributed by atoms with Crippen LogP contribution in [0.1, 0.15) is 17.5 Å². The molecule has 0 bridgehead atoms. The second-order valence-electron chi connectivity index (χ2n) is 6.04. The van der Waals surface area contributed by atoms with E-state index in [1.807, 2.05) is 35.8 Å². The number of hydrazone groups is 1. The van der Waals surface area contributed by atoms with Gasteiger partial charge in [-0.2, -0.15) is 5.10 Å². The maximum absolute atomic E-state index is 12.1. The van der Waals surface area contributed by atoms with Crippen LogP contribution in [0.15, 0.2) is 47.8 Å². The minimum atomic E-state index is -0.166. The van der Waals surface area contributed by atoms with Gasteiger partial charge < -0.3 is 14.0 Å². The van der Waals surface area contributed by atoms with Gasteiger partial charge in [-0.3, -0.25) is 4.79 Å². The van der Waals surface area contributed by atoms with Crippen LogP contribution in [-0.2, 0) is 11.3 Å². The fraction of sp³-hybridized carbons (Fsp3) is 0.250. The summed E-state index contributed by atoms with van der Waals surface area (Å²) in [7, 11) is 3.15. The largest absolute Gasteiger partial charge is 0.493 e. The molecule has 7 heteroatoms. The van der Waals surface area contributed by atoms with Gasteiger partial charge >= 0.3 is 0 Å². The van der Waals surface area contributed by atoms with E-state index in [4.69, 9.17) is 9.47 Å². The number of amides is 1. The molecule has 0 unspecified atom stereocenters. The van der Waals surface area contributed by atoms with Crippen molar-refractivity contribution in [3.63, 3.8) is 0 Å². The Labute approximate surface area is 157 Å². The van der Waals surface area contributed by atoms with Gasteiger partial charge in [-0.25, -0.2) is 10.4 Å². The summed E-state index contributed by atoms with van der Waals surface area (Å²) in [6.45, 7) is 2.56. The van der Waals surface area contributed by atoms with E-state index in [1.165, 1.54) is 0 Å².